The molecule has 4 nitrogen and oxygen atoms in total. The van der Waals surface area contributed by atoms with Crippen LogP contribution >= 0.6 is 0 Å². The Morgan fingerprint density at radius 1 is 1.17 bits per heavy atom. The molecule has 0 aliphatic carbocycles. The predicted octanol–water partition coefficient (Wildman–Crippen LogP) is 2.45. The smallest absolute Gasteiger partial charge is 0.335 e. The first-order valence-corrected chi connectivity index (χ1v) is 5.30. The molecule has 0 saturated heterocycles. The number of aldehydes is 1. The summed E-state index contributed by atoms with van der Waals surface area (Å²) < 4.78 is 0. The van der Waals surface area contributed by atoms with Crippen molar-refractivity contribution in [1.29, 1.82) is 0 Å². The van der Waals surface area contributed by atoms with Crippen LogP contribution in [0.1, 0.15) is 20.7 Å². The van der Waals surface area contributed by atoms with Gasteiger partial charge in [-0.15, -0.1) is 0 Å². The maximum atomic E-state index is 11.0. The quantitative estimate of drug-likeness (QED) is 0.638. The standard InChI is InChI=1S/C14H11NO3/c15-12-6-10(5-11(7-12)14(17)18)13-4-2-1-3-9(13)8-16/h1-8H,15H2,(H,17,18). The third-order valence-electron chi connectivity index (χ3n) is 2.60. The van der Waals surface area contributed by atoms with Crippen molar-refractivity contribution in [2.75, 3.05) is 5.73 Å². The van der Waals surface area contributed by atoms with Crippen LogP contribution in [0.2, 0.25) is 0 Å². The van der Waals surface area contributed by atoms with Crippen molar-refractivity contribution in [3.63, 3.8) is 0 Å². The monoisotopic (exact) mass is 241 g/mol. The highest BCUT2D eigenvalue weighted by Gasteiger charge is 2.09. The molecule has 3 N–H and O–H groups in total. The summed E-state index contributed by atoms with van der Waals surface area (Å²) in [6, 6.07) is 11.5. The van der Waals surface area contributed by atoms with Crippen LogP contribution in [0.4, 0.5) is 5.69 Å². The van der Waals surface area contributed by atoms with Gasteiger partial charge in [0.15, 0.2) is 6.29 Å². The predicted molar refractivity (Wildman–Crippen MR) is 68.6 cm³/mol. The van der Waals surface area contributed by atoms with Gasteiger partial charge >= 0.3 is 5.97 Å². The molecule has 0 saturated carbocycles. The van der Waals surface area contributed by atoms with E-state index in [1.807, 2.05) is 0 Å². The molecular formula is C14H11NO3. The fourth-order valence-electron chi connectivity index (χ4n) is 1.79. The van der Waals surface area contributed by atoms with Gasteiger partial charge in [0.1, 0.15) is 0 Å². The number of aromatic carboxylic acids is 1. The topological polar surface area (TPSA) is 80.4 Å². The maximum Gasteiger partial charge on any atom is 0.335 e. The zero-order valence-corrected chi connectivity index (χ0v) is 9.46. The van der Waals surface area contributed by atoms with Crippen molar-refractivity contribution < 1.29 is 14.7 Å². The van der Waals surface area contributed by atoms with Crippen molar-refractivity contribution in [2.45, 2.75) is 0 Å². The highest BCUT2D eigenvalue weighted by atomic mass is 16.4. The average Bonchev–Trinajstić information content (AvgIpc) is 2.38. The number of anilines is 1. The summed E-state index contributed by atoms with van der Waals surface area (Å²) in [5.74, 6) is -1.05. The Hall–Kier alpha value is -2.62. The summed E-state index contributed by atoms with van der Waals surface area (Å²) in [4.78, 5) is 21.9. The second kappa shape index (κ2) is 4.71. The van der Waals surface area contributed by atoms with E-state index in [1.165, 1.54) is 12.1 Å². The zero-order valence-electron chi connectivity index (χ0n) is 9.46. The normalized spacial score (nSPS) is 10.0. The molecule has 0 amide bonds. The van der Waals surface area contributed by atoms with E-state index in [2.05, 4.69) is 0 Å². The lowest BCUT2D eigenvalue weighted by atomic mass is 9.98. The largest absolute Gasteiger partial charge is 0.478 e. The lowest BCUT2D eigenvalue weighted by Gasteiger charge is -2.07. The number of nitrogens with two attached hydrogens (primary N) is 1. The molecule has 0 heterocycles. The number of carbonyl (C=O) groups excluding carboxylic acids is 1. The number of carboxylic acids is 1. The summed E-state index contributed by atoms with van der Waals surface area (Å²) in [5, 5.41) is 8.98. The molecule has 2 aromatic carbocycles. The van der Waals surface area contributed by atoms with Crippen LogP contribution in [0.15, 0.2) is 42.5 Å². The van der Waals surface area contributed by atoms with Gasteiger partial charge in [0, 0.05) is 11.3 Å². The molecule has 90 valence electrons. The van der Waals surface area contributed by atoms with E-state index >= 15 is 0 Å². The summed E-state index contributed by atoms with van der Waals surface area (Å²) in [6.45, 7) is 0. The molecule has 0 spiro atoms. The zero-order chi connectivity index (χ0) is 13.1. The first-order chi connectivity index (χ1) is 8.61. The summed E-state index contributed by atoms with van der Waals surface area (Å²) in [7, 11) is 0. The highest BCUT2D eigenvalue weighted by Crippen LogP contribution is 2.26. The molecule has 0 aliphatic rings. The number of carbonyl (C=O) groups is 2. The molecule has 0 radical (unpaired) electrons. The SMILES string of the molecule is Nc1cc(C(=O)O)cc(-c2ccccc2C=O)c1. The number of carboxylic acid groups (broad SMARTS) is 1. The molecule has 0 unspecified atom stereocenters. The molecule has 0 aliphatic heterocycles. The average molecular weight is 241 g/mol. The third kappa shape index (κ3) is 2.22. The van der Waals surface area contributed by atoms with Gasteiger partial charge in [-0.1, -0.05) is 24.3 Å². The maximum absolute atomic E-state index is 11.0. The van der Waals surface area contributed by atoms with Crippen molar-refractivity contribution in [3.8, 4) is 11.1 Å². The lowest BCUT2D eigenvalue weighted by molar-refractivity contribution is 0.0697. The molecule has 0 bridgehead atoms. The van der Waals surface area contributed by atoms with Gasteiger partial charge in [0.05, 0.1) is 5.56 Å². The van der Waals surface area contributed by atoms with E-state index in [-0.39, 0.29) is 5.56 Å². The van der Waals surface area contributed by atoms with Crippen LogP contribution in [-0.2, 0) is 0 Å². The van der Waals surface area contributed by atoms with E-state index in [0.717, 1.165) is 6.29 Å². The Morgan fingerprint density at radius 3 is 2.56 bits per heavy atom. The molecular weight excluding hydrogens is 230 g/mol. The Kier molecular flexibility index (Phi) is 3.10. The molecule has 0 aromatic heterocycles. The lowest BCUT2D eigenvalue weighted by Crippen LogP contribution is -1.99. The molecule has 18 heavy (non-hydrogen) atoms. The Labute approximate surface area is 104 Å². The van der Waals surface area contributed by atoms with Gasteiger partial charge in [-0.25, -0.2) is 4.79 Å². The van der Waals surface area contributed by atoms with E-state index in [4.69, 9.17) is 10.8 Å². The van der Waals surface area contributed by atoms with E-state index in [9.17, 15) is 9.59 Å². The minimum absolute atomic E-state index is 0.103. The number of hydrogen-bond donors (Lipinski definition) is 2. The number of benzene rings is 2. The Bertz CT molecular complexity index is 620. The summed E-state index contributed by atoms with van der Waals surface area (Å²) in [5.41, 5.74) is 7.92. The van der Waals surface area contributed by atoms with Gasteiger partial charge in [0.25, 0.3) is 0 Å². The Morgan fingerprint density at radius 2 is 1.89 bits per heavy atom. The summed E-state index contributed by atoms with van der Waals surface area (Å²) >= 11 is 0. The van der Waals surface area contributed by atoms with Gasteiger partial charge < -0.3 is 10.8 Å². The van der Waals surface area contributed by atoms with Crippen molar-refractivity contribution in [1.82, 2.24) is 0 Å². The second-order valence-corrected chi connectivity index (χ2v) is 3.85. The van der Waals surface area contributed by atoms with Gasteiger partial charge in [-0.2, -0.15) is 0 Å². The number of nitrogen functional groups attached to an aromatic ring is 1. The molecule has 2 aromatic rings. The fraction of sp³-hybridized carbons (Fsp3) is 0. The first kappa shape index (κ1) is 11.9. The fourth-order valence-corrected chi connectivity index (χ4v) is 1.79. The van der Waals surface area contributed by atoms with Crippen LogP contribution in [-0.4, -0.2) is 17.4 Å². The van der Waals surface area contributed by atoms with Crippen LogP contribution in [0.5, 0.6) is 0 Å². The minimum Gasteiger partial charge on any atom is -0.478 e. The third-order valence-corrected chi connectivity index (χ3v) is 2.60. The summed E-state index contributed by atoms with van der Waals surface area (Å²) in [6.07, 6.45) is 0.735. The minimum atomic E-state index is -1.05. The molecule has 0 fully saturated rings. The molecule has 2 rings (SSSR count). The first-order valence-electron chi connectivity index (χ1n) is 5.30. The second-order valence-electron chi connectivity index (χ2n) is 3.85. The van der Waals surface area contributed by atoms with Crippen molar-refractivity contribution >= 4 is 17.9 Å². The van der Waals surface area contributed by atoms with E-state index in [1.54, 1.807) is 30.3 Å². The van der Waals surface area contributed by atoms with Crippen LogP contribution in [0.25, 0.3) is 11.1 Å². The molecule has 4 heteroatoms. The van der Waals surface area contributed by atoms with E-state index < -0.39 is 5.97 Å². The Balaban J connectivity index is 2.63. The number of hydrogen-bond acceptors (Lipinski definition) is 3. The molecule has 0 atom stereocenters. The van der Waals surface area contributed by atoms with E-state index in [0.29, 0.717) is 22.4 Å². The van der Waals surface area contributed by atoms with Crippen LogP contribution in [0, 0.1) is 0 Å². The van der Waals surface area contributed by atoms with Crippen molar-refractivity contribution in [2.24, 2.45) is 0 Å². The van der Waals surface area contributed by atoms with Gasteiger partial charge in [-0.05, 0) is 29.3 Å². The van der Waals surface area contributed by atoms with Gasteiger partial charge in [-0.3, -0.25) is 4.79 Å². The number of rotatable bonds is 3. The van der Waals surface area contributed by atoms with Crippen LogP contribution < -0.4 is 5.73 Å². The highest BCUT2D eigenvalue weighted by molar-refractivity contribution is 5.93. The van der Waals surface area contributed by atoms with Crippen molar-refractivity contribution in [3.05, 3.63) is 53.6 Å². The van der Waals surface area contributed by atoms with Gasteiger partial charge in [0.2, 0.25) is 0 Å². The van der Waals surface area contributed by atoms with Crippen LogP contribution in [0.3, 0.4) is 0 Å².